The molecule has 0 amide bonds. The molecule has 0 fully saturated rings. The summed E-state index contributed by atoms with van der Waals surface area (Å²) in [6.45, 7) is 0. The van der Waals surface area contributed by atoms with Crippen LogP contribution in [0.4, 0.5) is 5.69 Å². The normalized spacial score (nSPS) is 10.3. The third kappa shape index (κ3) is 3.32. The zero-order valence-electron chi connectivity index (χ0n) is 12.3. The number of phenols is 1. The molecule has 0 radical (unpaired) electrons. The van der Waals surface area contributed by atoms with Gasteiger partial charge in [0.1, 0.15) is 17.1 Å². The van der Waals surface area contributed by atoms with Crippen molar-refractivity contribution in [2.24, 2.45) is 0 Å². The van der Waals surface area contributed by atoms with Gasteiger partial charge in [-0.2, -0.15) is 0 Å². The topological polar surface area (TPSA) is 72.5 Å². The Morgan fingerprint density at radius 2 is 1.52 bits per heavy atom. The average molecular weight is 305 g/mol. The van der Waals surface area contributed by atoms with E-state index in [1.54, 1.807) is 12.1 Å². The predicted octanol–water partition coefficient (Wildman–Crippen LogP) is 3.86. The van der Waals surface area contributed by atoms with Gasteiger partial charge in [0.2, 0.25) is 0 Å². The van der Waals surface area contributed by atoms with Crippen LogP contribution in [0.2, 0.25) is 0 Å². The van der Waals surface area contributed by atoms with Crippen molar-refractivity contribution in [1.29, 1.82) is 0 Å². The van der Waals surface area contributed by atoms with E-state index < -0.39 is 5.97 Å². The molecule has 0 spiro atoms. The Hall–Kier alpha value is -3.27. The van der Waals surface area contributed by atoms with Crippen LogP contribution in [-0.4, -0.2) is 11.1 Å². The van der Waals surface area contributed by atoms with Gasteiger partial charge in [-0.3, -0.25) is 0 Å². The second-order valence-electron chi connectivity index (χ2n) is 5.06. The Labute approximate surface area is 133 Å². The smallest absolute Gasteiger partial charge is 0.347 e. The average Bonchev–Trinajstić information content (AvgIpc) is 2.58. The van der Waals surface area contributed by atoms with Crippen LogP contribution in [0.5, 0.6) is 11.5 Å². The van der Waals surface area contributed by atoms with Crippen LogP contribution in [0.15, 0.2) is 72.8 Å². The number of hydrogen-bond acceptors (Lipinski definition) is 4. The molecule has 0 aliphatic heterocycles. The molecule has 23 heavy (non-hydrogen) atoms. The number of aromatic hydroxyl groups is 1. The second-order valence-corrected chi connectivity index (χ2v) is 5.06. The summed E-state index contributed by atoms with van der Waals surface area (Å²) in [5.74, 6) is -0.413. The number of hydrogen-bond donors (Lipinski definition) is 2. The summed E-state index contributed by atoms with van der Waals surface area (Å²) >= 11 is 0. The molecule has 0 aliphatic carbocycles. The fraction of sp³-hybridized carbons (Fsp3) is 0. The summed E-state index contributed by atoms with van der Waals surface area (Å²) in [4.78, 5) is 12.1. The van der Waals surface area contributed by atoms with Crippen LogP contribution in [0.25, 0.3) is 11.1 Å². The Balaban J connectivity index is 1.78. The van der Waals surface area contributed by atoms with Gasteiger partial charge in [-0.05, 0) is 41.5 Å². The highest BCUT2D eigenvalue weighted by Crippen LogP contribution is 2.25. The van der Waals surface area contributed by atoms with Crippen LogP contribution in [-0.2, 0) is 0 Å². The lowest BCUT2D eigenvalue weighted by Crippen LogP contribution is -2.09. The van der Waals surface area contributed by atoms with Gasteiger partial charge in [0.25, 0.3) is 0 Å². The second kappa shape index (κ2) is 6.23. The van der Waals surface area contributed by atoms with E-state index in [9.17, 15) is 9.90 Å². The standard InChI is InChI=1S/C19H15NO3/c20-15-8-11-18(21)17(12-15)19(22)23-16-9-6-14(7-10-16)13-4-2-1-3-5-13/h1-12,21H,20H2. The van der Waals surface area contributed by atoms with Crippen LogP contribution in [0, 0.1) is 0 Å². The van der Waals surface area contributed by atoms with E-state index in [0.29, 0.717) is 11.4 Å². The number of nitrogen functional groups attached to an aromatic ring is 1. The molecule has 0 aliphatic rings. The van der Waals surface area contributed by atoms with Gasteiger partial charge in [-0.15, -0.1) is 0 Å². The molecule has 3 aromatic carbocycles. The number of anilines is 1. The zero-order valence-corrected chi connectivity index (χ0v) is 12.3. The monoisotopic (exact) mass is 305 g/mol. The van der Waals surface area contributed by atoms with Gasteiger partial charge >= 0.3 is 5.97 Å². The fourth-order valence-corrected chi connectivity index (χ4v) is 2.23. The number of benzene rings is 3. The number of esters is 1. The van der Waals surface area contributed by atoms with Gasteiger partial charge in [-0.25, -0.2) is 4.79 Å². The largest absolute Gasteiger partial charge is 0.507 e. The van der Waals surface area contributed by atoms with E-state index in [1.165, 1.54) is 18.2 Å². The van der Waals surface area contributed by atoms with Gasteiger partial charge in [-0.1, -0.05) is 42.5 Å². The van der Waals surface area contributed by atoms with Crippen molar-refractivity contribution in [2.45, 2.75) is 0 Å². The number of carbonyl (C=O) groups excluding carboxylic acids is 1. The Morgan fingerprint density at radius 3 is 2.22 bits per heavy atom. The van der Waals surface area contributed by atoms with Crippen molar-refractivity contribution in [1.82, 2.24) is 0 Å². The number of nitrogens with two attached hydrogens (primary N) is 1. The van der Waals surface area contributed by atoms with Crippen molar-refractivity contribution in [2.75, 3.05) is 5.73 Å². The molecule has 3 N–H and O–H groups in total. The molecule has 114 valence electrons. The Bertz CT molecular complexity index is 827. The highest BCUT2D eigenvalue weighted by Gasteiger charge is 2.14. The van der Waals surface area contributed by atoms with Crippen LogP contribution in [0.3, 0.4) is 0 Å². The first kappa shape index (κ1) is 14.7. The minimum Gasteiger partial charge on any atom is -0.507 e. The molecule has 0 atom stereocenters. The third-order valence-corrected chi connectivity index (χ3v) is 3.41. The third-order valence-electron chi connectivity index (χ3n) is 3.41. The summed E-state index contributed by atoms with van der Waals surface area (Å²) in [6.07, 6.45) is 0. The molecule has 4 heteroatoms. The van der Waals surface area contributed by atoms with Crippen molar-refractivity contribution >= 4 is 11.7 Å². The number of carbonyl (C=O) groups is 1. The lowest BCUT2D eigenvalue weighted by Gasteiger charge is -2.08. The Kier molecular flexibility index (Phi) is 3.97. The van der Waals surface area contributed by atoms with Crippen molar-refractivity contribution in [3.05, 3.63) is 78.4 Å². The lowest BCUT2D eigenvalue weighted by atomic mass is 10.1. The van der Waals surface area contributed by atoms with E-state index in [1.807, 2.05) is 42.5 Å². The molecule has 0 saturated carbocycles. The maximum absolute atomic E-state index is 12.1. The summed E-state index contributed by atoms with van der Waals surface area (Å²) in [5, 5.41) is 9.72. The van der Waals surface area contributed by atoms with Crippen LogP contribution >= 0.6 is 0 Å². The molecule has 0 aromatic heterocycles. The molecular weight excluding hydrogens is 290 g/mol. The van der Waals surface area contributed by atoms with Crippen molar-refractivity contribution < 1.29 is 14.6 Å². The highest BCUT2D eigenvalue weighted by atomic mass is 16.5. The molecule has 0 bridgehead atoms. The quantitative estimate of drug-likeness (QED) is 0.333. The van der Waals surface area contributed by atoms with Crippen molar-refractivity contribution in [3.63, 3.8) is 0 Å². The first-order valence-electron chi connectivity index (χ1n) is 7.09. The molecule has 0 heterocycles. The first-order chi connectivity index (χ1) is 11.1. The van der Waals surface area contributed by atoms with Crippen LogP contribution in [0.1, 0.15) is 10.4 Å². The number of rotatable bonds is 3. The summed E-state index contributed by atoms with van der Waals surface area (Å²) < 4.78 is 5.27. The maximum Gasteiger partial charge on any atom is 0.347 e. The summed E-state index contributed by atoms with van der Waals surface area (Å²) in [5.41, 5.74) is 8.15. The SMILES string of the molecule is Nc1ccc(O)c(C(=O)Oc2ccc(-c3ccccc3)cc2)c1. The van der Waals surface area contributed by atoms with Crippen molar-refractivity contribution in [3.8, 4) is 22.6 Å². The minimum atomic E-state index is -0.651. The summed E-state index contributed by atoms with van der Waals surface area (Å²) in [6, 6.07) is 21.3. The fourth-order valence-electron chi connectivity index (χ4n) is 2.23. The van der Waals surface area contributed by atoms with Gasteiger partial charge < -0.3 is 15.6 Å². The maximum atomic E-state index is 12.1. The van der Waals surface area contributed by atoms with Crippen LogP contribution < -0.4 is 10.5 Å². The number of ether oxygens (including phenoxy) is 1. The molecule has 4 nitrogen and oxygen atoms in total. The van der Waals surface area contributed by atoms with E-state index in [4.69, 9.17) is 10.5 Å². The lowest BCUT2D eigenvalue weighted by molar-refractivity contribution is 0.0732. The molecule has 3 rings (SSSR count). The highest BCUT2D eigenvalue weighted by molar-refractivity contribution is 5.94. The zero-order chi connectivity index (χ0) is 16.2. The Morgan fingerprint density at radius 1 is 0.870 bits per heavy atom. The molecule has 3 aromatic rings. The molecule has 0 saturated heterocycles. The van der Waals surface area contributed by atoms with Gasteiger partial charge in [0.15, 0.2) is 0 Å². The summed E-state index contributed by atoms with van der Waals surface area (Å²) in [7, 11) is 0. The van der Waals surface area contributed by atoms with E-state index in [0.717, 1.165) is 11.1 Å². The molecule has 0 unspecified atom stereocenters. The minimum absolute atomic E-state index is 0.0390. The predicted molar refractivity (Wildman–Crippen MR) is 89.4 cm³/mol. The van der Waals surface area contributed by atoms with E-state index in [2.05, 4.69) is 0 Å². The van der Waals surface area contributed by atoms with E-state index >= 15 is 0 Å². The van der Waals surface area contributed by atoms with E-state index in [-0.39, 0.29) is 11.3 Å². The molecular formula is C19H15NO3. The number of phenolic OH excluding ortho intramolecular Hbond substituents is 1. The van der Waals surface area contributed by atoms with Gasteiger partial charge in [0.05, 0.1) is 0 Å². The van der Waals surface area contributed by atoms with Gasteiger partial charge in [0, 0.05) is 5.69 Å². The first-order valence-corrected chi connectivity index (χ1v) is 7.09.